The average molecular weight is 276 g/mol. The zero-order valence-electron chi connectivity index (χ0n) is 12.5. The molecule has 0 radical (unpaired) electrons. The van der Waals surface area contributed by atoms with Crippen LogP contribution in [0.15, 0.2) is 12.1 Å². The van der Waals surface area contributed by atoms with Gasteiger partial charge in [-0.2, -0.15) is 0 Å². The molecule has 5 nitrogen and oxygen atoms in total. The molecular weight excluding hydrogens is 252 g/mol. The molecule has 1 amide bonds. The van der Waals surface area contributed by atoms with E-state index in [1.165, 1.54) is 19.3 Å². The molecule has 1 fully saturated rings. The van der Waals surface area contributed by atoms with E-state index in [0.29, 0.717) is 23.3 Å². The molecular formula is C15H24N4O. The van der Waals surface area contributed by atoms with Gasteiger partial charge in [0, 0.05) is 13.1 Å². The quantitative estimate of drug-likeness (QED) is 0.886. The molecule has 0 bridgehead atoms. The summed E-state index contributed by atoms with van der Waals surface area (Å²) in [5.41, 5.74) is 0.386. The summed E-state index contributed by atoms with van der Waals surface area (Å²) in [6.45, 7) is 4.47. The molecule has 1 aromatic rings. The highest BCUT2D eigenvalue weighted by atomic mass is 16.2. The molecule has 2 rings (SSSR count). The first-order valence-electron chi connectivity index (χ1n) is 7.44. The molecule has 2 N–H and O–H groups in total. The van der Waals surface area contributed by atoms with E-state index in [1.54, 1.807) is 19.2 Å². The van der Waals surface area contributed by atoms with Crippen molar-refractivity contribution in [3.05, 3.63) is 17.8 Å². The summed E-state index contributed by atoms with van der Waals surface area (Å²) in [4.78, 5) is 12.2. The minimum atomic E-state index is -0.113. The van der Waals surface area contributed by atoms with Crippen molar-refractivity contribution in [2.45, 2.75) is 45.6 Å². The molecule has 110 valence electrons. The number of aromatic nitrogens is 2. The molecule has 5 heteroatoms. The molecule has 1 heterocycles. The first-order chi connectivity index (χ1) is 9.61. The predicted octanol–water partition coefficient (Wildman–Crippen LogP) is 2.46. The van der Waals surface area contributed by atoms with Gasteiger partial charge in [0.15, 0.2) is 5.69 Å². The van der Waals surface area contributed by atoms with Gasteiger partial charge >= 0.3 is 0 Å². The lowest BCUT2D eigenvalue weighted by Gasteiger charge is -2.34. The Hall–Kier alpha value is -1.65. The largest absolute Gasteiger partial charge is 0.372 e. The van der Waals surface area contributed by atoms with E-state index >= 15 is 0 Å². The molecule has 1 saturated carbocycles. The van der Waals surface area contributed by atoms with Crippen molar-refractivity contribution >= 4 is 11.7 Å². The summed E-state index contributed by atoms with van der Waals surface area (Å²) in [6, 6.07) is 3.74. The Morgan fingerprint density at radius 3 is 2.60 bits per heavy atom. The fourth-order valence-electron chi connectivity index (χ4n) is 2.97. The minimum absolute atomic E-state index is 0.113. The Labute approximate surface area is 120 Å². The standard InChI is InChI=1S/C15H24N4O/c1-10(2)11-6-4-5-7-12(11)17-15(20)13-8-9-14(16-3)19-18-13/h8-12H,4-7H2,1-3H3,(H,16,19)(H,17,20). The second-order valence-electron chi connectivity index (χ2n) is 5.83. The van der Waals surface area contributed by atoms with Crippen LogP contribution in [0.5, 0.6) is 0 Å². The van der Waals surface area contributed by atoms with Crippen LogP contribution in [-0.4, -0.2) is 29.2 Å². The van der Waals surface area contributed by atoms with E-state index in [0.717, 1.165) is 6.42 Å². The summed E-state index contributed by atoms with van der Waals surface area (Å²) in [5.74, 6) is 1.72. The Kier molecular flexibility index (Phi) is 4.93. The molecule has 1 aliphatic rings. The van der Waals surface area contributed by atoms with Crippen molar-refractivity contribution in [2.75, 3.05) is 12.4 Å². The Balaban J connectivity index is 2.01. The number of carbonyl (C=O) groups excluding carboxylic acids is 1. The highest BCUT2D eigenvalue weighted by molar-refractivity contribution is 5.92. The van der Waals surface area contributed by atoms with Gasteiger partial charge in [-0.15, -0.1) is 10.2 Å². The van der Waals surface area contributed by atoms with Gasteiger partial charge in [-0.05, 0) is 36.8 Å². The fourth-order valence-corrected chi connectivity index (χ4v) is 2.97. The maximum absolute atomic E-state index is 12.2. The summed E-state index contributed by atoms with van der Waals surface area (Å²) >= 11 is 0. The van der Waals surface area contributed by atoms with Crippen LogP contribution in [-0.2, 0) is 0 Å². The van der Waals surface area contributed by atoms with Crippen LogP contribution in [0.1, 0.15) is 50.0 Å². The van der Waals surface area contributed by atoms with Crippen LogP contribution in [0, 0.1) is 11.8 Å². The van der Waals surface area contributed by atoms with Crippen molar-refractivity contribution in [3.8, 4) is 0 Å². The molecule has 0 aliphatic heterocycles. The van der Waals surface area contributed by atoms with E-state index in [-0.39, 0.29) is 11.9 Å². The zero-order chi connectivity index (χ0) is 14.5. The maximum Gasteiger partial charge on any atom is 0.272 e. The zero-order valence-corrected chi connectivity index (χ0v) is 12.5. The molecule has 0 saturated heterocycles. The normalized spacial score (nSPS) is 22.6. The smallest absolute Gasteiger partial charge is 0.272 e. The number of amides is 1. The Morgan fingerprint density at radius 1 is 1.25 bits per heavy atom. The highest BCUT2D eigenvalue weighted by Gasteiger charge is 2.29. The van der Waals surface area contributed by atoms with Gasteiger partial charge in [0.05, 0.1) is 0 Å². The van der Waals surface area contributed by atoms with Crippen molar-refractivity contribution in [1.29, 1.82) is 0 Å². The number of nitrogens with one attached hydrogen (secondary N) is 2. The Bertz CT molecular complexity index is 444. The van der Waals surface area contributed by atoms with E-state index in [2.05, 4.69) is 34.7 Å². The van der Waals surface area contributed by atoms with Gasteiger partial charge in [0.25, 0.3) is 5.91 Å². The summed E-state index contributed by atoms with van der Waals surface area (Å²) in [5, 5.41) is 13.9. The van der Waals surface area contributed by atoms with Gasteiger partial charge in [-0.25, -0.2) is 0 Å². The third-order valence-electron chi connectivity index (χ3n) is 4.15. The third kappa shape index (κ3) is 3.46. The summed E-state index contributed by atoms with van der Waals surface area (Å²) < 4.78 is 0. The maximum atomic E-state index is 12.2. The first-order valence-corrected chi connectivity index (χ1v) is 7.44. The van der Waals surface area contributed by atoms with Crippen LogP contribution >= 0.6 is 0 Å². The Morgan fingerprint density at radius 2 is 2.00 bits per heavy atom. The van der Waals surface area contributed by atoms with Crippen LogP contribution in [0.4, 0.5) is 5.82 Å². The van der Waals surface area contributed by atoms with E-state index in [4.69, 9.17) is 0 Å². The molecule has 0 aromatic carbocycles. The number of hydrogen-bond acceptors (Lipinski definition) is 4. The van der Waals surface area contributed by atoms with Crippen LogP contribution < -0.4 is 10.6 Å². The first kappa shape index (κ1) is 14.8. The topological polar surface area (TPSA) is 66.9 Å². The van der Waals surface area contributed by atoms with Crippen molar-refractivity contribution in [2.24, 2.45) is 11.8 Å². The van der Waals surface area contributed by atoms with E-state index in [1.807, 2.05) is 0 Å². The number of hydrogen-bond donors (Lipinski definition) is 2. The van der Waals surface area contributed by atoms with Crippen molar-refractivity contribution in [3.63, 3.8) is 0 Å². The third-order valence-corrected chi connectivity index (χ3v) is 4.15. The lowest BCUT2D eigenvalue weighted by molar-refractivity contribution is 0.0883. The number of carbonyl (C=O) groups is 1. The minimum Gasteiger partial charge on any atom is -0.372 e. The summed E-state index contributed by atoms with van der Waals surface area (Å²) in [7, 11) is 1.78. The van der Waals surface area contributed by atoms with Gasteiger partial charge in [-0.1, -0.05) is 26.7 Å². The molecule has 20 heavy (non-hydrogen) atoms. The van der Waals surface area contributed by atoms with E-state index < -0.39 is 0 Å². The van der Waals surface area contributed by atoms with E-state index in [9.17, 15) is 4.79 Å². The predicted molar refractivity (Wildman–Crippen MR) is 79.6 cm³/mol. The summed E-state index contributed by atoms with van der Waals surface area (Å²) in [6.07, 6.45) is 4.73. The number of anilines is 1. The second-order valence-corrected chi connectivity index (χ2v) is 5.83. The second kappa shape index (κ2) is 6.68. The SMILES string of the molecule is CNc1ccc(C(=O)NC2CCCCC2C(C)C)nn1. The molecule has 1 aliphatic carbocycles. The van der Waals surface area contributed by atoms with Crippen LogP contribution in [0.25, 0.3) is 0 Å². The van der Waals surface area contributed by atoms with Gasteiger partial charge in [0.1, 0.15) is 5.82 Å². The highest BCUT2D eigenvalue weighted by Crippen LogP contribution is 2.30. The number of rotatable bonds is 4. The lowest BCUT2D eigenvalue weighted by atomic mass is 9.78. The fraction of sp³-hybridized carbons (Fsp3) is 0.667. The monoisotopic (exact) mass is 276 g/mol. The van der Waals surface area contributed by atoms with Crippen molar-refractivity contribution < 1.29 is 4.79 Å². The lowest BCUT2D eigenvalue weighted by Crippen LogP contribution is -2.44. The van der Waals surface area contributed by atoms with Crippen molar-refractivity contribution in [1.82, 2.24) is 15.5 Å². The average Bonchev–Trinajstić information content (AvgIpc) is 2.47. The van der Waals surface area contributed by atoms with Gasteiger partial charge in [-0.3, -0.25) is 4.79 Å². The van der Waals surface area contributed by atoms with Crippen LogP contribution in [0.3, 0.4) is 0 Å². The van der Waals surface area contributed by atoms with Gasteiger partial charge < -0.3 is 10.6 Å². The van der Waals surface area contributed by atoms with Gasteiger partial charge in [0.2, 0.25) is 0 Å². The molecule has 0 spiro atoms. The molecule has 2 unspecified atom stereocenters. The number of nitrogens with zero attached hydrogens (tertiary/aromatic N) is 2. The molecule has 1 aromatic heterocycles. The van der Waals surface area contributed by atoms with Crippen LogP contribution in [0.2, 0.25) is 0 Å². The molecule has 2 atom stereocenters.